The van der Waals surface area contributed by atoms with Crippen molar-refractivity contribution in [1.82, 2.24) is 5.32 Å². The maximum Gasteiger partial charge on any atom is 0.249 e. The molecule has 1 heterocycles. The van der Waals surface area contributed by atoms with Crippen molar-refractivity contribution < 1.29 is 23.0 Å². The van der Waals surface area contributed by atoms with Crippen LogP contribution < -0.4 is 5.32 Å². The second-order valence-electron chi connectivity index (χ2n) is 6.54. The Morgan fingerprint density at radius 2 is 2.08 bits per heavy atom. The molecule has 0 radical (unpaired) electrons. The molecule has 1 fully saturated rings. The number of benzene rings is 1. The fourth-order valence-corrected chi connectivity index (χ4v) is 2.72. The van der Waals surface area contributed by atoms with Gasteiger partial charge in [-0.1, -0.05) is 19.9 Å². The minimum Gasteiger partial charge on any atom is -0.376 e. The fourth-order valence-electron chi connectivity index (χ4n) is 2.72. The molecule has 6 heteroatoms. The topological polar surface area (TPSA) is 47.6 Å². The average Bonchev–Trinajstić information content (AvgIpc) is 3.03. The maximum absolute atomic E-state index is 13.3. The monoisotopic (exact) mass is 341 g/mol. The second-order valence-corrected chi connectivity index (χ2v) is 6.54. The lowest BCUT2D eigenvalue weighted by Gasteiger charge is -2.24. The first-order chi connectivity index (χ1) is 11.4. The van der Waals surface area contributed by atoms with Crippen molar-refractivity contribution in [2.24, 2.45) is 5.92 Å². The van der Waals surface area contributed by atoms with Gasteiger partial charge in [-0.25, -0.2) is 8.78 Å². The number of nitrogens with one attached hydrogen (secondary N) is 1. The Labute approximate surface area is 141 Å². The van der Waals surface area contributed by atoms with Gasteiger partial charge >= 0.3 is 0 Å². The summed E-state index contributed by atoms with van der Waals surface area (Å²) in [4.78, 5) is 12.5. The van der Waals surface area contributed by atoms with E-state index in [0.29, 0.717) is 12.2 Å². The van der Waals surface area contributed by atoms with Crippen LogP contribution in [-0.4, -0.2) is 31.3 Å². The van der Waals surface area contributed by atoms with Crippen LogP contribution in [0, 0.1) is 17.6 Å². The third-order valence-corrected chi connectivity index (χ3v) is 4.15. The van der Waals surface area contributed by atoms with Gasteiger partial charge in [0.25, 0.3) is 0 Å². The van der Waals surface area contributed by atoms with Gasteiger partial charge in [0.2, 0.25) is 5.91 Å². The summed E-state index contributed by atoms with van der Waals surface area (Å²) >= 11 is 0. The highest BCUT2D eigenvalue weighted by atomic mass is 19.2. The molecule has 0 aliphatic carbocycles. The molecule has 24 heavy (non-hydrogen) atoms. The van der Waals surface area contributed by atoms with E-state index in [4.69, 9.17) is 9.47 Å². The van der Waals surface area contributed by atoms with E-state index in [1.165, 1.54) is 6.07 Å². The predicted molar refractivity (Wildman–Crippen MR) is 86.5 cm³/mol. The summed E-state index contributed by atoms with van der Waals surface area (Å²) in [6.07, 6.45) is 1.39. The quantitative estimate of drug-likeness (QED) is 0.827. The SMILES string of the molecule is CC(C)[C@@H](OC[C@H]1CCCO1)C(=O)N[C@@H](C)c1ccc(F)c(F)c1. The fraction of sp³-hybridized carbons (Fsp3) is 0.611. The summed E-state index contributed by atoms with van der Waals surface area (Å²) in [6.45, 7) is 6.65. The van der Waals surface area contributed by atoms with E-state index in [0.717, 1.165) is 31.6 Å². The molecule has 1 aromatic rings. The third-order valence-electron chi connectivity index (χ3n) is 4.15. The maximum atomic E-state index is 13.3. The van der Waals surface area contributed by atoms with E-state index in [2.05, 4.69) is 5.32 Å². The molecule has 1 amide bonds. The summed E-state index contributed by atoms with van der Waals surface area (Å²) in [5.74, 6) is -2.11. The second kappa shape index (κ2) is 8.53. The number of amides is 1. The largest absolute Gasteiger partial charge is 0.376 e. The number of ether oxygens (including phenoxy) is 2. The molecule has 1 aromatic carbocycles. The first kappa shape index (κ1) is 18.8. The summed E-state index contributed by atoms with van der Waals surface area (Å²) in [5, 5.41) is 2.81. The molecule has 0 bridgehead atoms. The van der Waals surface area contributed by atoms with Crippen molar-refractivity contribution >= 4 is 5.91 Å². The molecule has 1 aliphatic rings. The van der Waals surface area contributed by atoms with Crippen molar-refractivity contribution in [1.29, 1.82) is 0 Å². The highest BCUT2D eigenvalue weighted by Crippen LogP contribution is 2.18. The number of carbonyl (C=O) groups excluding carboxylic acids is 1. The average molecular weight is 341 g/mol. The van der Waals surface area contributed by atoms with Gasteiger partial charge < -0.3 is 14.8 Å². The first-order valence-corrected chi connectivity index (χ1v) is 8.37. The lowest BCUT2D eigenvalue weighted by atomic mass is 10.0. The van der Waals surface area contributed by atoms with E-state index in [-0.39, 0.29) is 17.9 Å². The molecule has 1 saturated heterocycles. The molecule has 2 rings (SSSR count). The predicted octanol–water partition coefficient (Wildman–Crippen LogP) is 3.36. The van der Waals surface area contributed by atoms with Crippen LogP contribution in [0.4, 0.5) is 8.78 Å². The minimum atomic E-state index is -0.927. The van der Waals surface area contributed by atoms with Crippen LogP contribution in [0.3, 0.4) is 0 Å². The van der Waals surface area contributed by atoms with Gasteiger partial charge in [0, 0.05) is 6.61 Å². The number of carbonyl (C=O) groups is 1. The smallest absolute Gasteiger partial charge is 0.249 e. The normalized spacial score (nSPS) is 20.2. The highest BCUT2D eigenvalue weighted by Gasteiger charge is 2.27. The van der Waals surface area contributed by atoms with Gasteiger partial charge in [0.05, 0.1) is 18.8 Å². The van der Waals surface area contributed by atoms with E-state index in [9.17, 15) is 13.6 Å². The molecular formula is C18H25F2NO3. The Kier molecular flexibility index (Phi) is 6.69. The highest BCUT2D eigenvalue weighted by molar-refractivity contribution is 5.81. The molecule has 1 N–H and O–H groups in total. The van der Waals surface area contributed by atoms with E-state index >= 15 is 0 Å². The van der Waals surface area contributed by atoms with Gasteiger partial charge in [-0.3, -0.25) is 4.79 Å². The third kappa shape index (κ3) is 4.98. The van der Waals surface area contributed by atoms with E-state index < -0.39 is 23.8 Å². The van der Waals surface area contributed by atoms with E-state index in [1.54, 1.807) is 6.92 Å². The zero-order valence-corrected chi connectivity index (χ0v) is 14.4. The van der Waals surface area contributed by atoms with Crippen LogP contribution >= 0.6 is 0 Å². The lowest BCUT2D eigenvalue weighted by Crippen LogP contribution is -2.42. The van der Waals surface area contributed by atoms with Crippen molar-refractivity contribution in [3.63, 3.8) is 0 Å². The molecule has 0 spiro atoms. The molecule has 3 atom stereocenters. The number of hydrogen-bond acceptors (Lipinski definition) is 3. The van der Waals surface area contributed by atoms with Crippen LogP contribution in [0.2, 0.25) is 0 Å². The van der Waals surface area contributed by atoms with Crippen LogP contribution in [-0.2, 0) is 14.3 Å². The van der Waals surface area contributed by atoms with Gasteiger partial charge in [-0.2, -0.15) is 0 Å². The minimum absolute atomic E-state index is 0.0106. The van der Waals surface area contributed by atoms with Crippen LogP contribution in [0.25, 0.3) is 0 Å². The Balaban J connectivity index is 1.94. The summed E-state index contributed by atoms with van der Waals surface area (Å²) < 4.78 is 37.6. The first-order valence-electron chi connectivity index (χ1n) is 8.37. The Hall–Kier alpha value is -1.53. The summed E-state index contributed by atoms with van der Waals surface area (Å²) in [5.41, 5.74) is 0.504. The van der Waals surface area contributed by atoms with Crippen LogP contribution in [0.15, 0.2) is 18.2 Å². The van der Waals surface area contributed by atoms with Gasteiger partial charge in [0.1, 0.15) is 6.10 Å². The van der Waals surface area contributed by atoms with Crippen molar-refractivity contribution in [2.75, 3.05) is 13.2 Å². The molecule has 134 valence electrons. The van der Waals surface area contributed by atoms with Crippen molar-refractivity contribution in [3.05, 3.63) is 35.4 Å². The standard InChI is InChI=1S/C18H25F2NO3/c1-11(2)17(24-10-14-5-4-8-23-14)18(22)21-12(3)13-6-7-15(19)16(20)9-13/h6-7,9,11-12,14,17H,4-5,8,10H2,1-3H3,(H,21,22)/t12-,14+,17+/m0/s1. The van der Waals surface area contributed by atoms with Crippen molar-refractivity contribution in [3.8, 4) is 0 Å². The molecule has 4 nitrogen and oxygen atoms in total. The number of hydrogen-bond donors (Lipinski definition) is 1. The molecular weight excluding hydrogens is 316 g/mol. The number of halogens is 2. The summed E-state index contributed by atoms with van der Waals surface area (Å²) in [6, 6.07) is 3.17. The Morgan fingerprint density at radius 1 is 1.33 bits per heavy atom. The molecule has 0 unspecified atom stereocenters. The molecule has 0 saturated carbocycles. The Bertz CT molecular complexity index is 559. The molecule has 0 aromatic heterocycles. The zero-order valence-electron chi connectivity index (χ0n) is 14.4. The van der Waals surface area contributed by atoms with Gasteiger partial charge in [-0.05, 0) is 43.4 Å². The molecule has 1 aliphatic heterocycles. The van der Waals surface area contributed by atoms with Crippen LogP contribution in [0.1, 0.15) is 45.2 Å². The van der Waals surface area contributed by atoms with Gasteiger partial charge in [-0.15, -0.1) is 0 Å². The van der Waals surface area contributed by atoms with Crippen molar-refractivity contribution in [2.45, 2.75) is 51.9 Å². The lowest BCUT2D eigenvalue weighted by molar-refractivity contribution is -0.139. The van der Waals surface area contributed by atoms with E-state index in [1.807, 2.05) is 13.8 Å². The zero-order chi connectivity index (χ0) is 17.7. The number of rotatable bonds is 7. The van der Waals surface area contributed by atoms with Gasteiger partial charge in [0.15, 0.2) is 11.6 Å². The Morgan fingerprint density at radius 3 is 2.67 bits per heavy atom. The van der Waals surface area contributed by atoms with Crippen LogP contribution in [0.5, 0.6) is 0 Å². The summed E-state index contributed by atoms with van der Waals surface area (Å²) in [7, 11) is 0.